The number of ketones is 1. The molecule has 0 amide bonds. The zero-order valence-corrected chi connectivity index (χ0v) is 7.97. The van der Waals surface area contributed by atoms with Crippen LogP contribution in [-0.4, -0.2) is 11.0 Å². The van der Waals surface area contributed by atoms with Gasteiger partial charge in [0.1, 0.15) is 0 Å². The van der Waals surface area contributed by atoms with Crippen LogP contribution in [-0.2, 0) is 9.59 Å². The Morgan fingerprint density at radius 3 is 2.62 bits per heavy atom. The third-order valence-corrected chi connectivity index (χ3v) is 2.00. The largest absolute Gasteiger partial charge is 0.295 e. The lowest BCUT2D eigenvalue weighted by molar-refractivity contribution is -0.113. The van der Waals surface area contributed by atoms with E-state index in [2.05, 4.69) is 0 Å². The number of hydrogen-bond acceptors (Lipinski definition) is 2. The number of Topliss-reactive ketones (excluding diaryl/α,β-unsaturated/α-hetero) is 1. The lowest BCUT2D eigenvalue weighted by Gasteiger charge is -1.91. The Labute approximate surface area is 81.6 Å². The minimum Gasteiger partial charge on any atom is -0.295 e. The van der Waals surface area contributed by atoms with Gasteiger partial charge in [-0.25, -0.2) is 0 Å². The highest BCUT2D eigenvalue weighted by Gasteiger charge is 2.07. The van der Waals surface area contributed by atoms with E-state index in [-0.39, 0.29) is 5.78 Å². The molecule has 0 N–H and O–H groups in total. The second kappa shape index (κ2) is 4.19. The highest BCUT2D eigenvalue weighted by Crippen LogP contribution is 2.13. The molecule has 1 aliphatic carbocycles. The topological polar surface area (TPSA) is 34.1 Å². The fourth-order valence-corrected chi connectivity index (χ4v) is 1.15. The first-order chi connectivity index (χ1) is 6.11. The summed E-state index contributed by atoms with van der Waals surface area (Å²) in [6.07, 6.45) is 7.14. The quantitative estimate of drug-likeness (QED) is 0.635. The number of carbonyl (C=O) groups excluding carboxylic acids is 2. The van der Waals surface area contributed by atoms with Gasteiger partial charge in [0, 0.05) is 11.1 Å². The SMILES string of the molecule is CC(=O)C1=CC=C(C(=O)Cl)CC=C1. The molecule has 1 aliphatic rings. The summed E-state index contributed by atoms with van der Waals surface area (Å²) >= 11 is 5.30. The fourth-order valence-electron chi connectivity index (χ4n) is 1.01. The molecule has 0 atom stereocenters. The van der Waals surface area contributed by atoms with Gasteiger partial charge in [-0.3, -0.25) is 9.59 Å². The molecule has 0 radical (unpaired) electrons. The van der Waals surface area contributed by atoms with Crippen LogP contribution in [0.4, 0.5) is 0 Å². The van der Waals surface area contributed by atoms with Crippen LogP contribution in [0, 0.1) is 0 Å². The van der Waals surface area contributed by atoms with E-state index in [0.29, 0.717) is 17.6 Å². The monoisotopic (exact) mass is 196 g/mol. The van der Waals surface area contributed by atoms with Gasteiger partial charge in [0.25, 0.3) is 0 Å². The molecule has 0 aromatic carbocycles. The second-order valence-corrected chi connectivity index (χ2v) is 3.09. The Kier molecular flexibility index (Phi) is 3.20. The van der Waals surface area contributed by atoms with Crippen LogP contribution in [0.2, 0.25) is 0 Å². The van der Waals surface area contributed by atoms with Crippen molar-refractivity contribution < 1.29 is 9.59 Å². The minimum atomic E-state index is -0.467. The van der Waals surface area contributed by atoms with Crippen LogP contribution in [0.1, 0.15) is 13.3 Å². The maximum atomic E-state index is 11.0. The standard InChI is InChI=1S/C10H9ClO2/c1-7(12)8-3-2-4-9(6-5-8)10(11)13/h2-3,5-6H,4H2,1H3. The van der Waals surface area contributed by atoms with E-state index >= 15 is 0 Å². The smallest absolute Gasteiger partial charge is 0.248 e. The minimum absolute atomic E-state index is 0.0178. The van der Waals surface area contributed by atoms with Crippen LogP contribution < -0.4 is 0 Å². The van der Waals surface area contributed by atoms with Gasteiger partial charge in [0.2, 0.25) is 5.24 Å². The van der Waals surface area contributed by atoms with Crippen molar-refractivity contribution in [1.29, 1.82) is 0 Å². The van der Waals surface area contributed by atoms with Gasteiger partial charge in [-0.15, -0.1) is 0 Å². The van der Waals surface area contributed by atoms with Crippen molar-refractivity contribution in [2.45, 2.75) is 13.3 Å². The number of hydrogen-bond donors (Lipinski definition) is 0. The molecule has 1 rings (SSSR count). The zero-order valence-electron chi connectivity index (χ0n) is 7.21. The van der Waals surface area contributed by atoms with Crippen LogP contribution in [0.3, 0.4) is 0 Å². The zero-order chi connectivity index (χ0) is 9.84. The van der Waals surface area contributed by atoms with Gasteiger partial charge in [0.05, 0.1) is 0 Å². The predicted octanol–water partition coefficient (Wildman–Crippen LogP) is 2.15. The summed E-state index contributed by atoms with van der Waals surface area (Å²) < 4.78 is 0. The molecule has 0 saturated carbocycles. The van der Waals surface area contributed by atoms with Gasteiger partial charge in [-0.05, 0) is 24.9 Å². The molecule has 0 unspecified atom stereocenters. The van der Waals surface area contributed by atoms with Gasteiger partial charge in [-0.2, -0.15) is 0 Å². The van der Waals surface area contributed by atoms with Gasteiger partial charge in [-0.1, -0.05) is 24.3 Å². The number of halogens is 1. The summed E-state index contributed by atoms with van der Waals surface area (Å²) in [7, 11) is 0. The van der Waals surface area contributed by atoms with Crippen LogP contribution in [0.15, 0.2) is 35.5 Å². The molecule has 0 aromatic heterocycles. The first-order valence-corrected chi connectivity index (χ1v) is 4.27. The van der Waals surface area contributed by atoms with Crippen molar-refractivity contribution in [1.82, 2.24) is 0 Å². The number of allylic oxidation sites excluding steroid dienone is 6. The van der Waals surface area contributed by atoms with Crippen molar-refractivity contribution in [3.05, 3.63) is 35.5 Å². The van der Waals surface area contributed by atoms with Gasteiger partial charge >= 0.3 is 0 Å². The van der Waals surface area contributed by atoms with Crippen LogP contribution >= 0.6 is 11.6 Å². The summed E-state index contributed by atoms with van der Waals surface area (Å²) in [4.78, 5) is 21.7. The molecule has 3 heteroatoms. The fraction of sp³-hybridized carbons (Fsp3) is 0.200. The molecule has 68 valence electrons. The average molecular weight is 197 g/mol. The molecule has 13 heavy (non-hydrogen) atoms. The van der Waals surface area contributed by atoms with Gasteiger partial charge < -0.3 is 0 Å². The van der Waals surface area contributed by atoms with Crippen molar-refractivity contribution in [2.75, 3.05) is 0 Å². The molecule has 0 aromatic rings. The summed E-state index contributed by atoms with van der Waals surface area (Å²) in [5.41, 5.74) is 1.10. The molecule has 2 nitrogen and oxygen atoms in total. The third-order valence-electron chi connectivity index (χ3n) is 1.76. The highest BCUT2D eigenvalue weighted by atomic mass is 35.5. The van der Waals surface area contributed by atoms with Gasteiger partial charge in [0.15, 0.2) is 5.78 Å². The Balaban J connectivity index is 2.95. The maximum Gasteiger partial charge on any atom is 0.248 e. The first-order valence-electron chi connectivity index (χ1n) is 3.89. The summed E-state index contributed by atoms with van der Waals surface area (Å²) in [5, 5.41) is -0.467. The van der Waals surface area contributed by atoms with E-state index in [4.69, 9.17) is 11.6 Å². The van der Waals surface area contributed by atoms with Crippen molar-refractivity contribution in [3.8, 4) is 0 Å². The van der Waals surface area contributed by atoms with Crippen molar-refractivity contribution in [3.63, 3.8) is 0 Å². The number of rotatable bonds is 2. The summed E-state index contributed by atoms with van der Waals surface area (Å²) in [5.74, 6) is -0.0178. The Morgan fingerprint density at radius 1 is 1.38 bits per heavy atom. The van der Waals surface area contributed by atoms with Crippen LogP contribution in [0.5, 0.6) is 0 Å². The second-order valence-electron chi connectivity index (χ2n) is 2.75. The molecule has 0 bridgehead atoms. The number of carbonyl (C=O) groups is 2. The van der Waals surface area contributed by atoms with E-state index in [9.17, 15) is 9.59 Å². The Bertz CT molecular complexity index is 335. The van der Waals surface area contributed by atoms with Crippen molar-refractivity contribution >= 4 is 22.6 Å². The molecule has 0 heterocycles. The van der Waals surface area contributed by atoms with E-state index < -0.39 is 5.24 Å². The molecule has 0 fully saturated rings. The summed E-state index contributed by atoms with van der Waals surface area (Å²) in [6, 6.07) is 0. The van der Waals surface area contributed by atoms with E-state index in [1.165, 1.54) is 6.92 Å². The predicted molar refractivity (Wildman–Crippen MR) is 51.5 cm³/mol. The Morgan fingerprint density at radius 2 is 2.08 bits per heavy atom. The highest BCUT2D eigenvalue weighted by molar-refractivity contribution is 6.67. The maximum absolute atomic E-state index is 11.0. The first kappa shape index (κ1) is 9.93. The molecule has 0 saturated heterocycles. The van der Waals surface area contributed by atoms with E-state index in [1.807, 2.05) is 0 Å². The average Bonchev–Trinajstić information content (AvgIpc) is 2.27. The van der Waals surface area contributed by atoms with Crippen molar-refractivity contribution in [2.24, 2.45) is 0 Å². The lowest BCUT2D eigenvalue weighted by atomic mass is 10.2. The molecular formula is C10H9ClO2. The molecule has 0 spiro atoms. The summed E-state index contributed by atoms with van der Waals surface area (Å²) in [6.45, 7) is 1.48. The molecular weight excluding hydrogens is 188 g/mol. The molecule has 0 aliphatic heterocycles. The Hall–Kier alpha value is -1.15. The van der Waals surface area contributed by atoms with E-state index in [1.54, 1.807) is 24.3 Å². The third kappa shape index (κ3) is 2.67. The van der Waals surface area contributed by atoms with Crippen LogP contribution in [0.25, 0.3) is 0 Å². The lowest BCUT2D eigenvalue weighted by Crippen LogP contribution is -1.91. The van der Waals surface area contributed by atoms with E-state index in [0.717, 1.165) is 0 Å². The normalized spacial score (nSPS) is 15.8.